The number of rotatable bonds is 2. The van der Waals surface area contributed by atoms with Crippen molar-refractivity contribution in [3.05, 3.63) is 0 Å². The first kappa shape index (κ1) is 16.0. The van der Waals surface area contributed by atoms with Crippen molar-refractivity contribution in [2.45, 2.75) is 50.2 Å². The van der Waals surface area contributed by atoms with Gasteiger partial charge in [0.1, 0.15) is 0 Å². The number of nitrogens with one attached hydrogen (secondary N) is 1. The first-order valence-corrected chi connectivity index (χ1v) is 6.79. The summed E-state index contributed by atoms with van der Waals surface area (Å²) in [5, 5.41) is 11.9. The molecule has 1 atom stereocenters. The average molecular weight is 310 g/mol. The quantitative estimate of drug-likeness (QED) is 0.710. The van der Waals surface area contributed by atoms with Crippen molar-refractivity contribution >= 4 is 11.9 Å². The van der Waals surface area contributed by atoms with E-state index in [-0.39, 0.29) is 12.6 Å². The van der Waals surface area contributed by atoms with Gasteiger partial charge in [0.25, 0.3) is 5.91 Å². The summed E-state index contributed by atoms with van der Waals surface area (Å²) in [6.45, 7) is 0.597. The summed E-state index contributed by atoms with van der Waals surface area (Å²) in [5.74, 6) is -3.05. The molecule has 1 unspecified atom stereocenters. The van der Waals surface area contributed by atoms with Gasteiger partial charge < -0.3 is 14.7 Å². The molecule has 1 saturated carbocycles. The Labute approximate surface area is 119 Å². The van der Waals surface area contributed by atoms with Gasteiger partial charge in [-0.2, -0.15) is 13.2 Å². The zero-order chi connectivity index (χ0) is 15.6. The number of ether oxygens (including phenoxy) is 1. The van der Waals surface area contributed by atoms with E-state index in [9.17, 15) is 27.9 Å². The number of amides is 1. The number of carbonyl (C=O) groups is 2. The van der Waals surface area contributed by atoms with Crippen LogP contribution in [0.15, 0.2) is 0 Å². The van der Waals surface area contributed by atoms with Gasteiger partial charge in [0.05, 0.1) is 6.10 Å². The molecule has 0 radical (unpaired) electrons. The lowest BCUT2D eigenvalue weighted by Crippen LogP contribution is -2.60. The Morgan fingerprint density at radius 2 is 1.90 bits per heavy atom. The van der Waals surface area contributed by atoms with E-state index in [1.807, 2.05) is 0 Å². The molecule has 120 valence electrons. The zero-order valence-electron chi connectivity index (χ0n) is 11.2. The lowest BCUT2D eigenvalue weighted by molar-refractivity contribution is -0.209. The Kier molecular flexibility index (Phi) is 4.72. The highest BCUT2D eigenvalue weighted by Crippen LogP contribution is 2.25. The average Bonchev–Trinajstić information content (AvgIpc) is 2.41. The van der Waals surface area contributed by atoms with E-state index in [0.29, 0.717) is 32.2 Å². The number of aliphatic hydroxyl groups excluding tert-OH is 1. The van der Waals surface area contributed by atoms with Crippen LogP contribution in [0, 0.1) is 0 Å². The molecule has 1 aliphatic heterocycles. The van der Waals surface area contributed by atoms with E-state index < -0.39 is 30.4 Å². The summed E-state index contributed by atoms with van der Waals surface area (Å²) in [7, 11) is 0. The molecule has 2 N–H and O–H groups in total. The molecular formula is C12H17F3N2O4. The van der Waals surface area contributed by atoms with E-state index in [4.69, 9.17) is 0 Å². The van der Waals surface area contributed by atoms with Crippen LogP contribution < -0.4 is 5.32 Å². The van der Waals surface area contributed by atoms with Gasteiger partial charge >= 0.3 is 12.1 Å². The fourth-order valence-corrected chi connectivity index (χ4v) is 2.66. The maximum absolute atomic E-state index is 12.2. The van der Waals surface area contributed by atoms with Crippen LogP contribution in [0.3, 0.4) is 0 Å². The van der Waals surface area contributed by atoms with Crippen molar-refractivity contribution in [2.24, 2.45) is 0 Å². The Bertz CT molecular complexity index is 408. The summed E-state index contributed by atoms with van der Waals surface area (Å²) in [6, 6.07) is -0.130. The van der Waals surface area contributed by atoms with Crippen molar-refractivity contribution in [1.82, 2.24) is 10.2 Å². The van der Waals surface area contributed by atoms with Crippen molar-refractivity contribution < 1.29 is 32.6 Å². The van der Waals surface area contributed by atoms with E-state index in [0.717, 1.165) is 0 Å². The molecule has 2 fully saturated rings. The summed E-state index contributed by atoms with van der Waals surface area (Å²) in [5.41, 5.74) is 0. The smallest absolute Gasteiger partial charge is 0.430 e. The van der Waals surface area contributed by atoms with Gasteiger partial charge in [-0.25, -0.2) is 4.79 Å². The first-order valence-electron chi connectivity index (χ1n) is 6.79. The number of esters is 1. The van der Waals surface area contributed by atoms with Crippen LogP contribution in [-0.2, 0) is 14.3 Å². The highest BCUT2D eigenvalue weighted by atomic mass is 19.4. The molecule has 0 bridgehead atoms. The summed E-state index contributed by atoms with van der Waals surface area (Å²) in [6.07, 6.45) is -4.83. The minimum Gasteiger partial charge on any atom is -0.430 e. The fraction of sp³-hybridized carbons (Fsp3) is 0.833. The van der Waals surface area contributed by atoms with Gasteiger partial charge in [-0.3, -0.25) is 10.1 Å². The third-order valence-electron chi connectivity index (χ3n) is 3.75. The summed E-state index contributed by atoms with van der Waals surface area (Å²) >= 11 is 0. The van der Waals surface area contributed by atoms with Gasteiger partial charge in [-0.15, -0.1) is 0 Å². The maximum Gasteiger partial charge on any atom is 0.490 e. The number of hydrogen-bond acceptors (Lipinski definition) is 5. The van der Waals surface area contributed by atoms with Gasteiger partial charge in [-0.1, -0.05) is 0 Å². The topological polar surface area (TPSA) is 78.9 Å². The highest BCUT2D eigenvalue weighted by Gasteiger charge is 2.45. The molecule has 2 aliphatic rings. The van der Waals surface area contributed by atoms with E-state index in [1.54, 1.807) is 0 Å². The molecule has 2 rings (SSSR count). The number of nitrogens with zero attached hydrogens (tertiary/aromatic N) is 1. The lowest BCUT2D eigenvalue weighted by atomic mass is 9.91. The molecule has 0 aromatic rings. The van der Waals surface area contributed by atoms with Gasteiger partial charge in [0.2, 0.25) is 6.23 Å². The molecule has 0 spiro atoms. The third kappa shape index (κ3) is 3.85. The number of piperazine rings is 1. The SMILES string of the molecule is O=C1C(OC(=O)C(F)(F)F)NCCN1C1CCC(O)CC1. The number of hydrogen-bond donors (Lipinski definition) is 2. The largest absolute Gasteiger partial charge is 0.490 e. The third-order valence-corrected chi connectivity index (χ3v) is 3.75. The van der Waals surface area contributed by atoms with Gasteiger partial charge in [0, 0.05) is 19.1 Å². The monoisotopic (exact) mass is 310 g/mol. The Morgan fingerprint density at radius 3 is 2.48 bits per heavy atom. The minimum atomic E-state index is -5.13. The van der Waals surface area contributed by atoms with Crippen LogP contribution in [0.4, 0.5) is 13.2 Å². The molecule has 1 amide bonds. The highest BCUT2D eigenvalue weighted by molar-refractivity contribution is 5.85. The normalized spacial score (nSPS) is 31.1. The molecule has 0 aromatic heterocycles. The molecule has 9 heteroatoms. The van der Waals surface area contributed by atoms with E-state index >= 15 is 0 Å². The molecular weight excluding hydrogens is 293 g/mol. The molecule has 0 aromatic carbocycles. The van der Waals surface area contributed by atoms with Gasteiger partial charge in [-0.05, 0) is 25.7 Å². The second-order valence-electron chi connectivity index (χ2n) is 5.23. The summed E-state index contributed by atoms with van der Waals surface area (Å²) < 4.78 is 40.7. The molecule has 1 heterocycles. The molecule has 1 aliphatic carbocycles. The second-order valence-corrected chi connectivity index (χ2v) is 5.23. The Morgan fingerprint density at radius 1 is 1.29 bits per heavy atom. The van der Waals surface area contributed by atoms with Crippen LogP contribution in [0.1, 0.15) is 25.7 Å². The number of carbonyl (C=O) groups excluding carboxylic acids is 2. The van der Waals surface area contributed by atoms with Crippen LogP contribution in [0.25, 0.3) is 0 Å². The van der Waals surface area contributed by atoms with Crippen LogP contribution in [0.2, 0.25) is 0 Å². The van der Waals surface area contributed by atoms with Crippen LogP contribution in [0.5, 0.6) is 0 Å². The predicted molar refractivity (Wildman–Crippen MR) is 63.9 cm³/mol. The molecule has 6 nitrogen and oxygen atoms in total. The van der Waals surface area contributed by atoms with Crippen molar-refractivity contribution in [2.75, 3.05) is 13.1 Å². The van der Waals surface area contributed by atoms with Gasteiger partial charge in [0.15, 0.2) is 0 Å². The number of halogens is 3. The maximum atomic E-state index is 12.2. The van der Waals surface area contributed by atoms with Crippen molar-refractivity contribution in [3.8, 4) is 0 Å². The zero-order valence-corrected chi connectivity index (χ0v) is 11.2. The predicted octanol–water partition coefficient (Wildman–Crippen LogP) is 0.153. The second kappa shape index (κ2) is 6.18. The van der Waals surface area contributed by atoms with E-state index in [2.05, 4.69) is 10.1 Å². The standard InChI is InChI=1S/C12H17F3N2O4/c13-12(14,15)11(20)21-9-10(19)17(6-5-16-9)7-1-3-8(18)4-2-7/h7-9,16,18H,1-6H2. The Hall–Kier alpha value is -1.35. The van der Waals surface area contributed by atoms with Crippen LogP contribution >= 0.6 is 0 Å². The summed E-state index contributed by atoms with van der Waals surface area (Å²) in [4.78, 5) is 24.4. The lowest BCUT2D eigenvalue weighted by Gasteiger charge is -2.40. The Balaban J connectivity index is 1.96. The van der Waals surface area contributed by atoms with E-state index in [1.165, 1.54) is 4.90 Å². The fourth-order valence-electron chi connectivity index (χ4n) is 2.66. The minimum absolute atomic E-state index is 0.130. The van der Waals surface area contributed by atoms with Crippen LogP contribution in [-0.4, -0.2) is 59.5 Å². The molecule has 1 saturated heterocycles. The molecule has 21 heavy (non-hydrogen) atoms. The van der Waals surface area contributed by atoms with Crippen molar-refractivity contribution in [1.29, 1.82) is 0 Å². The number of alkyl halides is 3. The first-order chi connectivity index (χ1) is 9.79. The van der Waals surface area contributed by atoms with Crippen molar-refractivity contribution in [3.63, 3.8) is 0 Å². The number of aliphatic hydroxyl groups is 1.